The number of fused-ring (bicyclic) bond motifs is 1. The minimum absolute atomic E-state index is 0.0440. The first-order valence-electron chi connectivity index (χ1n) is 7.34. The number of nitrogen functional groups attached to an aromatic ring is 1. The molecule has 2 heterocycles. The van der Waals surface area contributed by atoms with E-state index in [-0.39, 0.29) is 17.3 Å². The van der Waals surface area contributed by atoms with Crippen LogP contribution in [0.5, 0.6) is 0 Å². The van der Waals surface area contributed by atoms with E-state index in [4.69, 9.17) is 5.73 Å². The van der Waals surface area contributed by atoms with Crippen molar-refractivity contribution in [3.63, 3.8) is 0 Å². The second-order valence-electron chi connectivity index (χ2n) is 5.88. The molecule has 2 atom stereocenters. The zero-order valence-corrected chi connectivity index (χ0v) is 11.7. The van der Waals surface area contributed by atoms with Gasteiger partial charge in [-0.2, -0.15) is 0 Å². The van der Waals surface area contributed by atoms with Gasteiger partial charge >= 0.3 is 0 Å². The van der Waals surface area contributed by atoms with E-state index in [1.807, 2.05) is 0 Å². The van der Waals surface area contributed by atoms with Gasteiger partial charge in [0.2, 0.25) is 0 Å². The summed E-state index contributed by atoms with van der Waals surface area (Å²) in [6, 6.07) is 2.28. The van der Waals surface area contributed by atoms with Crippen LogP contribution in [0.25, 0.3) is 0 Å². The maximum absolute atomic E-state index is 13.7. The molecule has 21 heavy (non-hydrogen) atoms. The third kappa shape index (κ3) is 2.85. The summed E-state index contributed by atoms with van der Waals surface area (Å²) in [6.45, 7) is 2.10. The van der Waals surface area contributed by atoms with E-state index in [0.29, 0.717) is 12.1 Å². The summed E-state index contributed by atoms with van der Waals surface area (Å²) in [5.74, 6) is -2.24. The molecule has 3 N–H and O–H groups in total. The van der Waals surface area contributed by atoms with Crippen molar-refractivity contribution in [3.05, 3.63) is 29.3 Å². The Morgan fingerprint density at radius 3 is 2.86 bits per heavy atom. The lowest BCUT2D eigenvalue weighted by atomic mass is 9.97. The molecular formula is C15H19F2N3O. The topological polar surface area (TPSA) is 58.4 Å². The molecule has 0 aromatic heterocycles. The highest BCUT2D eigenvalue weighted by atomic mass is 19.1. The zero-order chi connectivity index (χ0) is 15.0. The largest absolute Gasteiger partial charge is 0.396 e. The van der Waals surface area contributed by atoms with Crippen molar-refractivity contribution in [1.82, 2.24) is 10.2 Å². The number of nitrogens with two attached hydrogens (primary N) is 1. The van der Waals surface area contributed by atoms with Crippen LogP contribution in [-0.4, -0.2) is 36.0 Å². The second kappa shape index (κ2) is 5.60. The van der Waals surface area contributed by atoms with Crippen molar-refractivity contribution >= 4 is 11.6 Å². The molecule has 1 aromatic rings. The Morgan fingerprint density at radius 1 is 1.24 bits per heavy atom. The minimum atomic E-state index is -0.877. The first-order chi connectivity index (χ1) is 10.0. The Hall–Kier alpha value is -1.69. The maximum Gasteiger partial charge on any atom is 0.254 e. The first-order valence-corrected chi connectivity index (χ1v) is 7.34. The molecule has 2 aliphatic rings. The maximum atomic E-state index is 13.7. The summed E-state index contributed by atoms with van der Waals surface area (Å²) >= 11 is 0. The number of piperidine rings is 1. The van der Waals surface area contributed by atoms with Crippen molar-refractivity contribution in [2.75, 3.05) is 18.8 Å². The summed E-state index contributed by atoms with van der Waals surface area (Å²) in [6.07, 6.45) is 4.11. The SMILES string of the molecule is Nc1cc(C(=O)NC2CCN3CCCC3C2)c(F)cc1F. The molecule has 1 amide bonds. The minimum Gasteiger partial charge on any atom is -0.396 e. The molecule has 0 aliphatic carbocycles. The highest BCUT2D eigenvalue weighted by Gasteiger charge is 2.32. The van der Waals surface area contributed by atoms with E-state index in [1.54, 1.807) is 0 Å². The molecule has 114 valence electrons. The van der Waals surface area contributed by atoms with E-state index < -0.39 is 17.5 Å². The molecule has 6 heteroatoms. The highest BCUT2D eigenvalue weighted by molar-refractivity contribution is 5.95. The quantitative estimate of drug-likeness (QED) is 0.819. The summed E-state index contributed by atoms with van der Waals surface area (Å²) < 4.78 is 26.8. The second-order valence-corrected chi connectivity index (χ2v) is 5.88. The number of carbonyl (C=O) groups excluding carboxylic acids is 1. The van der Waals surface area contributed by atoms with Gasteiger partial charge < -0.3 is 16.0 Å². The van der Waals surface area contributed by atoms with Crippen LogP contribution in [0.3, 0.4) is 0 Å². The van der Waals surface area contributed by atoms with Crippen LogP contribution in [0.15, 0.2) is 12.1 Å². The molecular weight excluding hydrogens is 276 g/mol. The lowest BCUT2D eigenvalue weighted by Gasteiger charge is -2.35. The number of rotatable bonds is 2. The van der Waals surface area contributed by atoms with E-state index >= 15 is 0 Å². The van der Waals surface area contributed by atoms with Crippen molar-refractivity contribution in [3.8, 4) is 0 Å². The van der Waals surface area contributed by atoms with Gasteiger partial charge in [-0.15, -0.1) is 0 Å². The molecule has 0 radical (unpaired) electrons. The smallest absolute Gasteiger partial charge is 0.254 e. The van der Waals surface area contributed by atoms with Crippen LogP contribution >= 0.6 is 0 Å². The van der Waals surface area contributed by atoms with Gasteiger partial charge in [-0.05, 0) is 38.3 Å². The Bertz CT molecular complexity index is 564. The normalized spacial score (nSPS) is 25.6. The average molecular weight is 295 g/mol. The molecule has 1 aromatic carbocycles. The van der Waals surface area contributed by atoms with Gasteiger partial charge in [-0.1, -0.05) is 0 Å². The van der Waals surface area contributed by atoms with E-state index in [9.17, 15) is 13.6 Å². The van der Waals surface area contributed by atoms with Crippen LogP contribution in [0.4, 0.5) is 14.5 Å². The van der Waals surface area contributed by atoms with Crippen LogP contribution in [0.2, 0.25) is 0 Å². The molecule has 4 nitrogen and oxygen atoms in total. The van der Waals surface area contributed by atoms with Gasteiger partial charge in [0, 0.05) is 24.7 Å². The van der Waals surface area contributed by atoms with Gasteiger partial charge in [0.25, 0.3) is 5.91 Å². The number of hydrogen-bond acceptors (Lipinski definition) is 3. The number of nitrogens with zero attached hydrogens (tertiary/aromatic N) is 1. The Balaban J connectivity index is 1.68. The van der Waals surface area contributed by atoms with Crippen LogP contribution in [0, 0.1) is 11.6 Å². The van der Waals surface area contributed by atoms with Crippen LogP contribution in [-0.2, 0) is 0 Å². The van der Waals surface area contributed by atoms with Crippen molar-refractivity contribution in [1.29, 1.82) is 0 Å². The molecule has 0 spiro atoms. The molecule has 2 unspecified atom stereocenters. The fourth-order valence-electron chi connectivity index (χ4n) is 3.36. The van der Waals surface area contributed by atoms with E-state index in [0.717, 1.165) is 38.4 Å². The summed E-state index contributed by atoms with van der Waals surface area (Å²) in [5.41, 5.74) is 4.99. The van der Waals surface area contributed by atoms with E-state index in [2.05, 4.69) is 10.2 Å². The van der Waals surface area contributed by atoms with Gasteiger partial charge in [0.1, 0.15) is 11.6 Å². The number of anilines is 1. The van der Waals surface area contributed by atoms with Gasteiger partial charge in [-0.3, -0.25) is 4.79 Å². The third-order valence-electron chi connectivity index (χ3n) is 4.49. The van der Waals surface area contributed by atoms with Crippen molar-refractivity contribution in [2.24, 2.45) is 0 Å². The van der Waals surface area contributed by atoms with Crippen molar-refractivity contribution < 1.29 is 13.6 Å². The fourth-order valence-corrected chi connectivity index (χ4v) is 3.36. The molecule has 2 saturated heterocycles. The lowest BCUT2D eigenvalue weighted by Crippen LogP contribution is -2.47. The monoisotopic (exact) mass is 295 g/mol. The number of amides is 1. The Morgan fingerprint density at radius 2 is 2.05 bits per heavy atom. The predicted molar refractivity (Wildman–Crippen MR) is 75.9 cm³/mol. The average Bonchev–Trinajstić information content (AvgIpc) is 2.90. The highest BCUT2D eigenvalue weighted by Crippen LogP contribution is 2.27. The lowest BCUT2D eigenvalue weighted by molar-refractivity contribution is 0.0892. The zero-order valence-electron chi connectivity index (χ0n) is 11.7. The number of carbonyl (C=O) groups is 1. The molecule has 0 saturated carbocycles. The number of benzene rings is 1. The van der Waals surface area contributed by atoms with E-state index in [1.165, 1.54) is 6.42 Å². The Labute approximate surface area is 122 Å². The standard InChI is InChI=1S/C15H19F2N3O/c16-12-8-13(17)14(18)7-11(12)15(21)19-9-3-5-20-4-1-2-10(20)6-9/h7-10H,1-6,18H2,(H,19,21). The molecule has 2 fully saturated rings. The fraction of sp³-hybridized carbons (Fsp3) is 0.533. The summed E-state index contributed by atoms with van der Waals surface area (Å²) in [4.78, 5) is 14.6. The molecule has 2 aliphatic heterocycles. The first kappa shape index (κ1) is 14.3. The Kier molecular flexibility index (Phi) is 3.80. The van der Waals surface area contributed by atoms with Gasteiger partial charge in [0.05, 0.1) is 11.3 Å². The predicted octanol–water partition coefficient (Wildman–Crippen LogP) is 1.90. The van der Waals surface area contributed by atoms with Gasteiger partial charge in [-0.25, -0.2) is 8.78 Å². The number of hydrogen-bond donors (Lipinski definition) is 2. The number of nitrogens with one attached hydrogen (secondary N) is 1. The third-order valence-corrected chi connectivity index (χ3v) is 4.49. The van der Waals surface area contributed by atoms with Gasteiger partial charge in [0.15, 0.2) is 0 Å². The molecule has 0 bridgehead atoms. The summed E-state index contributed by atoms with van der Waals surface area (Å²) in [7, 11) is 0. The van der Waals surface area contributed by atoms with Crippen LogP contribution in [0.1, 0.15) is 36.0 Å². The number of halogens is 2. The molecule has 3 rings (SSSR count). The van der Waals surface area contributed by atoms with Crippen molar-refractivity contribution in [2.45, 2.75) is 37.8 Å². The van der Waals surface area contributed by atoms with Crippen LogP contribution < -0.4 is 11.1 Å². The summed E-state index contributed by atoms with van der Waals surface area (Å²) in [5, 5.41) is 2.85.